The third-order valence-electron chi connectivity index (χ3n) is 3.30. The van der Waals surface area contributed by atoms with Gasteiger partial charge in [0, 0.05) is 13.7 Å². The van der Waals surface area contributed by atoms with E-state index in [-0.39, 0.29) is 12.6 Å². The van der Waals surface area contributed by atoms with Crippen molar-refractivity contribution >= 4 is 0 Å². The first-order valence-corrected chi connectivity index (χ1v) is 6.83. The quantitative estimate of drug-likeness (QED) is 0.761. The van der Waals surface area contributed by atoms with Crippen molar-refractivity contribution in [1.82, 2.24) is 5.32 Å². The van der Waals surface area contributed by atoms with Crippen molar-refractivity contribution in [3.05, 3.63) is 60.2 Å². The first-order chi connectivity index (χ1) is 9.85. The Morgan fingerprint density at radius 1 is 1.00 bits per heavy atom. The normalized spacial score (nSPS) is 12.3. The van der Waals surface area contributed by atoms with Gasteiger partial charge < -0.3 is 15.2 Å². The van der Waals surface area contributed by atoms with E-state index in [4.69, 9.17) is 4.74 Å². The second-order valence-electron chi connectivity index (χ2n) is 4.67. The Hall–Kier alpha value is -1.68. The number of aliphatic hydroxyl groups excluding tert-OH is 1. The fraction of sp³-hybridized carbons (Fsp3) is 0.294. The highest BCUT2D eigenvalue weighted by molar-refractivity contribution is 5.63. The van der Waals surface area contributed by atoms with E-state index in [1.165, 1.54) is 11.1 Å². The molecule has 0 saturated carbocycles. The maximum atomic E-state index is 9.46. The largest absolute Gasteiger partial charge is 0.394 e. The van der Waals surface area contributed by atoms with Crippen molar-refractivity contribution in [1.29, 1.82) is 0 Å². The van der Waals surface area contributed by atoms with E-state index in [1.54, 1.807) is 7.11 Å². The van der Waals surface area contributed by atoms with Crippen LogP contribution >= 0.6 is 0 Å². The molecule has 2 aromatic rings. The topological polar surface area (TPSA) is 41.5 Å². The molecule has 3 nitrogen and oxygen atoms in total. The van der Waals surface area contributed by atoms with Crippen LogP contribution in [-0.2, 0) is 4.74 Å². The van der Waals surface area contributed by atoms with Gasteiger partial charge in [0.05, 0.1) is 19.3 Å². The SMILES string of the molecule is COCCNC(CO)c1ccc(-c2ccccc2)cc1. The van der Waals surface area contributed by atoms with E-state index < -0.39 is 0 Å². The fourth-order valence-electron chi connectivity index (χ4n) is 2.16. The van der Waals surface area contributed by atoms with Crippen molar-refractivity contribution in [2.45, 2.75) is 6.04 Å². The lowest BCUT2D eigenvalue weighted by Crippen LogP contribution is -2.27. The summed E-state index contributed by atoms with van der Waals surface area (Å²) < 4.78 is 5.01. The Balaban J connectivity index is 2.06. The standard InChI is InChI=1S/C17H21NO2/c1-20-12-11-18-17(13-19)16-9-7-15(8-10-16)14-5-3-2-4-6-14/h2-10,17-19H,11-13H2,1H3. The summed E-state index contributed by atoms with van der Waals surface area (Å²) in [6, 6.07) is 18.5. The van der Waals surface area contributed by atoms with Gasteiger partial charge in [0.15, 0.2) is 0 Å². The van der Waals surface area contributed by atoms with E-state index >= 15 is 0 Å². The van der Waals surface area contributed by atoms with Gasteiger partial charge in [0.2, 0.25) is 0 Å². The summed E-state index contributed by atoms with van der Waals surface area (Å²) in [5.41, 5.74) is 3.47. The minimum absolute atomic E-state index is 0.0463. The maximum absolute atomic E-state index is 9.46. The number of rotatable bonds is 7. The fourth-order valence-corrected chi connectivity index (χ4v) is 2.16. The van der Waals surface area contributed by atoms with Gasteiger partial charge in [-0.1, -0.05) is 54.6 Å². The van der Waals surface area contributed by atoms with E-state index in [9.17, 15) is 5.11 Å². The maximum Gasteiger partial charge on any atom is 0.0626 e. The molecule has 0 heterocycles. The Morgan fingerprint density at radius 2 is 1.65 bits per heavy atom. The smallest absolute Gasteiger partial charge is 0.0626 e. The van der Waals surface area contributed by atoms with Gasteiger partial charge in [0.1, 0.15) is 0 Å². The molecular formula is C17H21NO2. The van der Waals surface area contributed by atoms with Crippen LogP contribution in [0.15, 0.2) is 54.6 Å². The van der Waals surface area contributed by atoms with Crippen LogP contribution in [0.25, 0.3) is 11.1 Å². The summed E-state index contributed by atoms with van der Waals surface area (Å²) in [6.45, 7) is 1.44. The highest BCUT2D eigenvalue weighted by Crippen LogP contribution is 2.21. The number of hydrogen-bond acceptors (Lipinski definition) is 3. The molecule has 2 N–H and O–H groups in total. The third kappa shape index (κ3) is 3.90. The zero-order valence-corrected chi connectivity index (χ0v) is 11.8. The Bertz CT molecular complexity index is 496. The monoisotopic (exact) mass is 271 g/mol. The molecule has 2 rings (SSSR count). The van der Waals surface area contributed by atoms with E-state index in [0.717, 1.165) is 12.1 Å². The highest BCUT2D eigenvalue weighted by Gasteiger charge is 2.09. The number of aliphatic hydroxyl groups is 1. The predicted molar refractivity (Wildman–Crippen MR) is 81.6 cm³/mol. The molecule has 0 amide bonds. The van der Waals surface area contributed by atoms with Crippen molar-refractivity contribution < 1.29 is 9.84 Å². The molecule has 0 radical (unpaired) electrons. The molecule has 0 aliphatic carbocycles. The van der Waals surface area contributed by atoms with Crippen LogP contribution in [0.2, 0.25) is 0 Å². The first-order valence-electron chi connectivity index (χ1n) is 6.83. The molecule has 0 saturated heterocycles. The lowest BCUT2D eigenvalue weighted by molar-refractivity contribution is 0.184. The average Bonchev–Trinajstić information content (AvgIpc) is 2.53. The highest BCUT2D eigenvalue weighted by atomic mass is 16.5. The number of benzene rings is 2. The lowest BCUT2D eigenvalue weighted by atomic mass is 10.0. The number of methoxy groups -OCH3 is 1. The Labute approximate surface area is 120 Å². The minimum atomic E-state index is -0.0463. The first kappa shape index (κ1) is 14.7. The van der Waals surface area contributed by atoms with Gasteiger partial charge in [-0.05, 0) is 16.7 Å². The molecule has 1 atom stereocenters. The van der Waals surface area contributed by atoms with Crippen LogP contribution in [0, 0.1) is 0 Å². The summed E-state index contributed by atoms with van der Waals surface area (Å²) in [6.07, 6.45) is 0. The minimum Gasteiger partial charge on any atom is -0.394 e. The Morgan fingerprint density at radius 3 is 2.25 bits per heavy atom. The summed E-state index contributed by atoms with van der Waals surface area (Å²) >= 11 is 0. The summed E-state index contributed by atoms with van der Waals surface area (Å²) in [4.78, 5) is 0. The van der Waals surface area contributed by atoms with Crippen molar-refractivity contribution in [2.24, 2.45) is 0 Å². The average molecular weight is 271 g/mol. The molecular weight excluding hydrogens is 250 g/mol. The van der Waals surface area contributed by atoms with Crippen molar-refractivity contribution in [3.63, 3.8) is 0 Å². The van der Waals surface area contributed by atoms with Crippen LogP contribution in [0.5, 0.6) is 0 Å². The summed E-state index contributed by atoms with van der Waals surface area (Å²) in [5.74, 6) is 0. The molecule has 0 aliphatic heterocycles. The second-order valence-corrected chi connectivity index (χ2v) is 4.67. The molecule has 0 aliphatic rings. The van der Waals surface area contributed by atoms with Crippen LogP contribution in [0.1, 0.15) is 11.6 Å². The molecule has 0 fully saturated rings. The zero-order valence-electron chi connectivity index (χ0n) is 11.8. The van der Waals surface area contributed by atoms with Crippen LogP contribution in [0.4, 0.5) is 0 Å². The van der Waals surface area contributed by atoms with E-state index in [1.807, 2.05) is 18.2 Å². The van der Waals surface area contributed by atoms with Gasteiger partial charge in [-0.2, -0.15) is 0 Å². The molecule has 0 spiro atoms. The van der Waals surface area contributed by atoms with Crippen LogP contribution in [-0.4, -0.2) is 32.0 Å². The van der Waals surface area contributed by atoms with Crippen LogP contribution in [0.3, 0.4) is 0 Å². The van der Waals surface area contributed by atoms with Gasteiger partial charge >= 0.3 is 0 Å². The molecule has 2 aromatic carbocycles. The molecule has 106 valence electrons. The van der Waals surface area contributed by atoms with E-state index in [2.05, 4.69) is 41.7 Å². The third-order valence-corrected chi connectivity index (χ3v) is 3.30. The molecule has 20 heavy (non-hydrogen) atoms. The molecule has 0 aromatic heterocycles. The zero-order chi connectivity index (χ0) is 14.2. The summed E-state index contributed by atoms with van der Waals surface area (Å²) in [7, 11) is 1.67. The van der Waals surface area contributed by atoms with E-state index in [0.29, 0.717) is 6.61 Å². The van der Waals surface area contributed by atoms with Crippen LogP contribution < -0.4 is 5.32 Å². The van der Waals surface area contributed by atoms with Gasteiger partial charge in [-0.3, -0.25) is 0 Å². The predicted octanol–water partition coefficient (Wildman–Crippen LogP) is 2.62. The number of nitrogens with one attached hydrogen (secondary N) is 1. The van der Waals surface area contributed by atoms with Crippen molar-refractivity contribution in [3.8, 4) is 11.1 Å². The van der Waals surface area contributed by atoms with Crippen molar-refractivity contribution in [2.75, 3.05) is 26.9 Å². The van der Waals surface area contributed by atoms with Gasteiger partial charge in [0.25, 0.3) is 0 Å². The van der Waals surface area contributed by atoms with Gasteiger partial charge in [-0.15, -0.1) is 0 Å². The second kappa shape index (κ2) is 7.80. The molecule has 0 bridgehead atoms. The summed E-state index contributed by atoms with van der Waals surface area (Å²) in [5, 5.41) is 12.7. The molecule has 1 unspecified atom stereocenters. The van der Waals surface area contributed by atoms with Gasteiger partial charge in [-0.25, -0.2) is 0 Å². The Kier molecular flexibility index (Phi) is 5.74. The lowest BCUT2D eigenvalue weighted by Gasteiger charge is -2.17. The molecule has 3 heteroatoms. The number of hydrogen-bond donors (Lipinski definition) is 2. The number of ether oxygens (including phenoxy) is 1.